The fraction of sp³-hybridized carbons (Fsp3) is 0.571. The van der Waals surface area contributed by atoms with Gasteiger partial charge in [0.1, 0.15) is 5.82 Å². The van der Waals surface area contributed by atoms with Gasteiger partial charge in [-0.15, -0.1) is 0 Å². The maximum absolute atomic E-state index is 12.0. The van der Waals surface area contributed by atoms with E-state index in [-0.39, 0.29) is 5.91 Å². The minimum Gasteiger partial charge on any atom is -0.370 e. The molecule has 0 aromatic carbocycles. The molecule has 1 aromatic heterocycles. The molecule has 0 aliphatic rings. The van der Waals surface area contributed by atoms with Gasteiger partial charge >= 0.3 is 0 Å². The number of likely N-dealkylation sites (N-methyl/N-ethyl adjacent to an activating group) is 1. The predicted octanol–water partition coefficient (Wildman–Crippen LogP) is 1.58. The molecule has 19 heavy (non-hydrogen) atoms. The van der Waals surface area contributed by atoms with E-state index in [1.165, 1.54) is 0 Å². The van der Waals surface area contributed by atoms with E-state index in [2.05, 4.69) is 34.4 Å². The Hall–Kier alpha value is -1.62. The van der Waals surface area contributed by atoms with Crippen molar-refractivity contribution in [1.82, 2.24) is 15.2 Å². The first-order valence-electron chi connectivity index (χ1n) is 6.91. The van der Waals surface area contributed by atoms with Gasteiger partial charge in [-0.3, -0.25) is 4.79 Å². The number of rotatable bonds is 8. The van der Waals surface area contributed by atoms with Crippen molar-refractivity contribution in [3.05, 3.63) is 23.9 Å². The molecule has 0 saturated carbocycles. The van der Waals surface area contributed by atoms with Crippen LogP contribution in [0.3, 0.4) is 0 Å². The zero-order valence-electron chi connectivity index (χ0n) is 12.1. The lowest BCUT2D eigenvalue weighted by molar-refractivity contribution is 0.0949. The van der Waals surface area contributed by atoms with Crippen LogP contribution in [0.2, 0.25) is 0 Å². The molecule has 1 rings (SSSR count). The molecule has 2 N–H and O–H groups in total. The summed E-state index contributed by atoms with van der Waals surface area (Å²) in [6.07, 6.45) is 1.65. The third-order valence-electron chi connectivity index (χ3n) is 2.99. The van der Waals surface area contributed by atoms with E-state index in [1.54, 1.807) is 18.3 Å². The van der Waals surface area contributed by atoms with Gasteiger partial charge in [0, 0.05) is 31.4 Å². The molecule has 1 amide bonds. The van der Waals surface area contributed by atoms with E-state index in [0.717, 1.165) is 32.0 Å². The first-order chi connectivity index (χ1) is 9.21. The van der Waals surface area contributed by atoms with E-state index in [0.29, 0.717) is 12.1 Å². The summed E-state index contributed by atoms with van der Waals surface area (Å²) < 4.78 is 0. The number of pyridine rings is 1. The number of hydrogen-bond acceptors (Lipinski definition) is 4. The Morgan fingerprint density at radius 2 is 2.05 bits per heavy atom. The van der Waals surface area contributed by atoms with Crippen LogP contribution >= 0.6 is 0 Å². The lowest BCUT2D eigenvalue weighted by Crippen LogP contribution is -2.34. The lowest BCUT2D eigenvalue weighted by Gasteiger charge is -2.18. The molecular formula is C14H24N4O. The van der Waals surface area contributed by atoms with E-state index >= 15 is 0 Å². The topological polar surface area (TPSA) is 57.3 Å². The molecule has 1 heterocycles. The Morgan fingerprint density at radius 1 is 1.32 bits per heavy atom. The zero-order chi connectivity index (χ0) is 14.1. The zero-order valence-corrected chi connectivity index (χ0v) is 12.1. The van der Waals surface area contributed by atoms with Gasteiger partial charge in [0.05, 0.1) is 0 Å². The molecule has 5 heteroatoms. The summed E-state index contributed by atoms with van der Waals surface area (Å²) in [7, 11) is 0. The molecule has 106 valence electrons. The number of carbonyl (C=O) groups is 1. The monoisotopic (exact) mass is 264 g/mol. The summed E-state index contributed by atoms with van der Waals surface area (Å²) in [5.74, 6) is 0.688. The molecule has 5 nitrogen and oxygen atoms in total. The number of carbonyl (C=O) groups excluding carboxylic acids is 1. The normalized spacial score (nSPS) is 10.5. The van der Waals surface area contributed by atoms with Gasteiger partial charge in [0.15, 0.2) is 0 Å². The van der Waals surface area contributed by atoms with Gasteiger partial charge in [-0.25, -0.2) is 4.98 Å². The van der Waals surface area contributed by atoms with Crippen molar-refractivity contribution in [2.24, 2.45) is 0 Å². The number of amides is 1. The van der Waals surface area contributed by atoms with Crippen LogP contribution in [0.4, 0.5) is 5.82 Å². The van der Waals surface area contributed by atoms with Crippen LogP contribution < -0.4 is 10.6 Å². The third-order valence-corrected chi connectivity index (χ3v) is 2.99. The van der Waals surface area contributed by atoms with Crippen LogP contribution in [0, 0.1) is 0 Å². The van der Waals surface area contributed by atoms with Gasteiger partial charge < -0.3 is 15.5 Å². The molecule has 0 atom stereocenters. The first kappa shape index (κ1) is 15.4. The van der Waals surface area contributed by atoms with Gasteiger partial charge in [-0.1, -0.05) is 13.8 Å². The Labute approximate surface area is 115 Å². The molecule has 0 radical (unpaired) electrons. The molecular weight excluding hydrogens is 240 g/mol. The fourth-order valence-corrected chi connectivity index (χ4v) is 1.82. The Balaban J connectivity index is 2.46. The van der Waals surface area contributed by atoms with Gasteiger partial charge in [0.2, 0.25) is 0 Å². The number of anilines is 1. The van der Waals surface area contributed by atoms with Crippen molar-refractivity contribution < 1.29 is 4.79 Å². The maximum Gasteiger partial charge on any atom is 0.251 e. The van der Waals surface area contributed by atoms with Crippen molar-refractivity contribution in [3.63, 3.8) is 0 Å². The Kier molecular flexibility index (Phi) is 6.89. The largest absolute Gasteiger partial charge is 0.370 e. The quantitative estimate of drug-likeness (QED) is 0.748. The highest BCUT2D eigenvalue weighted by Crippen LogP contribution is 2.06. The minimum absolute atomic E-state index is 0.0475. The third kappa shape index (κ3) is 5.26. The molecule has 0 bridgehead atoms. The summed E-state index contributed by atoms with van der Waals surface area (Å²) in [4.78, 5) is 18.4. The second kappa shape index (κ2) is 8.48. The lowest BCUT2D eigenvalue weighted by atomic mass is 10.2. The summed E-state index contributed by atoms with van der Waals surface area (Å²) in [6, 6.07) is 3.50. The van der Waals surface area contributed by atoms with Crippen LogP contribution in [0.25, 0.3) is 0 Å². The van der Waals surface area contributed by atoms with E-state index < -0.39 is 0 Å². The van der Waals surface area contributed by atoms with Crippen LogP contribution in [-0.4, -0.2) is 48.5 Å². The second-order valence-corrected chi connectivity index (χ2v) is 4.24. The van der Waals surface area contributed by atoms with Crippen LogP contribution in [0.1, 0.15) is 31.1 Å². The highest BCUT2D eigenvalue weighted by atomic mass is 16.1. The highest BCUT2D eigenvalue weighted by molar-refractivity contribution is 5.94. The summed E-state index contributed by atoms with van der Waals surface area (Å²) >= 11 is 0. The Bertz CT molecular complexity index is 391. The summed E-state index contributed by atoms with van der Waals surface area (Å²) in [5, 5.41) is 6.03. The standard InChI is InChI=1S/C14H24N4O/c1-4-15-13-11-12(7-8-16-13)14(19)17-9-10-18(5-2)6-3/h7-8,11H,4-6,9-10H2,1-3H3,(H,15,16)(H,17,19). The number of hydrogen-bond donors (Lipinski definition) is 2. The van der Waals surface area contributed by atoms with Crippen molar-refractivity contribution in [1.29, 1.82) is 0 Å². The van der Waals surface area contributed by atoms with Crippen LogP contribution in [0.15, 0.2) is 18.3 Å². The van der Waals surface area contributed by atoms with E-state index in [4.69, 9.17) is 0 Å². The van der Waals surface area contributed by atoms with Crippen LogP contribution in [0.5, 0.6) is 0 Å². The molecule has 0 spiro atoms. The smallest absolute Gasteiger partial charge is 0.251 e. The summed E-state index contributed by atoms with van der Waals surface area (Å²) in [6.45, 7) is 10.6. The molecule has 1 aromatic rings. The molecule has 0 fully saturated rings. The minimum atomic E-state index is -0.0475. The SMILES string of the molecule is CCNc1cc(C(=O)NCCN(CC)CC)ccn1. The average Bonchev–Trinajstić information content (AvgIpc) is 2.44. The number of nitrogens with one attached hydrogen (secondary N) is 2. The second-order valence-electron chi connectivity index (χ2n) is 4.24. The van der Waals surface area contributed by atoms with Gasteiger partial charge in [-0.2, -0.15) is 0 Å². The molecule has 0 aliphatic carbocycles. The first-order valence-corrected chi connectivity index (χ1v) is 6.91. The Morgan fingerprint density at radius 3 is 2.68 bits per heavy atom. The van der Waals surface area contributed by atoms with Crippen LogP contribution in [-0.2, 0) is 0 Å². The fourth-order valence-electron chi connectivity index (χ4n) is 1.82. The molecule has 0 unspecified atom stereocenters. The van der Waals surface area contributed by atoms with Gasteiger partial charge in [0.25, 0.3) is 5.91 Å². The van der Waals surface area contributed by atoms with Gasteiger partial charge in [-0.05, 0) is 32.1 Å². The van der Waals surface area contributed by atoms with Crippen molar-refractivity contribution in [2.75, 3.05) is 38.0 Å². The van der Waals surface area contributed by atoms with E-state index in [9.17, 15) is 4.79 Å². The summed E-state index contributed by atoms with van der Waals surface area (Å²) in [5.41, 5.74) is 0.644. The predicted molar refractivity (Wildman–Crippen MR) is 78.5 cm³/mol. The van der Waals surface area contributed by atoms with Crippen molar-refractivity contribution in [2.45, 2.75) is 20.8 Å². The van der Waals surface area contributed by atoms with Crippen molar-refractivity contribution in [3.8, 4) is 0 Å². The number of nitrogens with zero attached hydrogens (tertiary/aromatic N) is 2. The molecule has 0 saturated heterocycles. The maximum atomic E-state index is 12.0. The average molecular weight is 264 g/mol. The highest BCUT2D eigenvalue weighted by Gasteiger charge is 2.06. The van der Waals surface area contributed by atoms with E-state index in [1.807, 2.05) is 6.92 Å². The number of aromatic nitrogens is 1. The van der Waals surface area contributed by atoms with Crippen molar-refractivity contribution >= 4 is 11.7 Å². The molecule has 0 aliphatic heterocycles.